The van der Waals surface area contributed by atoms with Crippen LogP contribution < -0.4 is 10.2 Å². The molecule has 0 aromatic rings. The van der Waals surface area contributed by atoms with Crippen LogP contribution in [0, 0.1) is 0 Å². The molecule has 14 heteroatoms. The zero-order chi connectivity index (χ0) is 14.9. The maximum Gasteiger partial charge on any atom is 2.00 e. The monoisotopic (exact) mass is 425 g/mol. The van der Waals surface area contributed by atoms with E-state index < -0.39 is 36.5 Å². The predicted octanol–water partition coefficient (Wildman–Crippen LogP) is -3.73. The molecule has 0 saturated carbocycles. The molecule has 0 fully saturated rings. The van der Waals surface area contributed by atoms with E-state index in [-0.39, 0.29) is 17.1 Å². The minimum absolute atomic E-state index is 0. The van der Waals surface area contributed by atoms with Crippen molar-refractivity contribution in [2.24, 2.45) is 0 Å². The summed E-state index contributed by atoms with van der Waals surface area (Å²) in [4.78, 5) is 33.2. The predicted molar refractivity (Wildman–Crippen MR) is 38.1 cm³/mol. The number of carboxylic acids is 2. The van der Waals surface area contributed by atoms with E-state index in [0.29, 0.717) is 0 Å². The third kappa shape index (κ3) is 103. The average Bonchev–Trinajstić information content (AvgIpc) is 1.70. The van der Waals surface area contributed by atoms with Gasteiger partial charge in [-0.05, 0) is 13.8 Å². The fourth-order valence-corrected chi connectivity index (χ4v) is 2.18. The number of rotatable bonds is 2. The number of carboxylic acid groups (broad SMARTS) is 2. The van der Waals surface area contributed by atoms with Crippen molar-refractivity contribution in [1.82, 2.24) is 0 Å². The van der Waals surface area contributed by atoms with Crippen LogP contribution in [0.25, 0.3) is 0 Å². The number of phosphoric acid groups is 1. The van der Waals surface area contributed by atoms with Crippen molar-refractivity contribution < 1.29 is 81.7 Å². The van der Waals surface area contributed by atoms with E-state index in [9.17, 15) is 11.4 Å². The van der Waals surface area contributed by atoms with E-state index >= 15 is 0 Å². The average molecular weight is 424 g/mol. The van der Waals surface area contributed by atoms with Crippen LogP contribution >= 0.6 is 7.82 Å². The molecular weight excluding hydrogens is 414 g/mol. The first kappa shape index (κ1) is 26.4. The molecule has 0 aromatic carbocycles. The topological polar surface area (TPSA) is 201 Å². The molecule has 0 aliphatic heterocycles. The molecule has 113 valence electrons. The molecular formula is C4H9CuMoO11P. The minimum atomic E-state index is -6.03. The fourth-order valence-electron chi connectivity index (χ4n) is 0.123. The molecule has 0 aliphatic carbocycles. The van der Waals surface area contributed by atoms with Gasteiger partial charge >= 0.3 is 69.7 Å². The van der Waals surface area contributed by atoms with Crippen molar-refractivity contribution in [2.75, 3.05) is 0 Å². The fraction of sp³-hybridized carbons (Fsp3) is 0.500. The first-order valence-electron chi connectivity index (χ1n) is 3.26. The molecule has 0 atom stereocenters. The number of aliphatic carboxylic acids is 2. The van der Waals surface area contributed by atoms with Gasteiger partial charge in [-0.2, -0.15) is 0 Å². The second-order valence-corrected chi connectivity index (χ2v) is 6.31. The molecule has 0 saturated heterocycles. The summed E-state index contributed by atoms with van der Waals surface area (Å²) in [6.45, 7) is 1.94. The summed E-state index contributed by atoms with van der Waals surface area (Å²) in [5.41, 5.74) is 0. The van der Waals surface area contributed by atoms with Crippen LogP contribution in [0.3, 0.4) is 0 Å². The van der Waals surface area contributed by atoms with Crippen molar-refractivity contribution in [3.8, 4) is 0 Å². The quantitative estimate of drug-likeness (QED) is 0.291. The van der Waals surface area contributed by atoms with Crippen molar-refractivity contribution >= 4 is 19.8 Å². The number of carbonyl (C=O) groups is 2. The second-order valence-electron chi connectivity index (χ2n) is 1.98. The van der Waals surface area contributed by atoms with Gasteiger partial charge in [0.1, 0.15) is 0 Å². The van der Waals surface area contributed by atoms with E-state index in [1.807, 2.05) is 0 Å². The second kappa shape index (κ2) is 11.9. The Morgan fingerprint density at radius 3 is 1.28 bits per heavy atom. The molecule has 1 radical (unpaired) electrons. The van der Waals surface area contributed by atoms with Crippen molar-refractivity contribution in [1.29, 1.82) is 0 Å². The van der Waals surface area contributed by atoms with Gasteiger partial charge in [0.25, 0.3) is 0 Å². The van der Waals surface area contributed by atoms with E-state index in [0.717, 1.165) is 13.8 Å². The standard InChI is InChI=1S/2C2H4O2.Cu.Mo.H3O4P.H2O.2O/c2*1-2(3)4;;;1-5(2,3)4;;;/h2*1H3,(H,3,4);;;(H3,1,2,3,4);1H2;;/q;;2*+2;;;;/p-4. The Hall–Kier alpha value is -0.182. The van der Waals surface area contributed by atoms with Gasteiger partial charge in [-0.1, -0.05) is 0 Å². The molecule has 0 aliphatic rings. The maximum atomic E-state index is 9.61. The number of hydrogen-bond acceptors (Lipinski definition) is 8. The summed E-state index contributed by atoms with van der Waals surface area (Å²) in [5, 5.41) is 17.8. The zero-order valence-electron chi connectivity index (χ0n) is 8.76. The summed E-state index contributed by atoms with van der Waals surface area (Å²) in [7, 11) is -5.08. The Morgan fingerprint density at radius 2 is 1.28 bits per heavy atom. The summed E-state index contributed by atoms with van der Waals surface area (Å²) in [6, 6.07) is 0. The van der Waals surface area contributed by atoms with Crippen LogP contribution in [-0.4, -0.2) is 25.5 Å². The van der Waals surface area contributed by atoms with Gasteiger partial charge in [0.15, 0.2) is 0 Å². The molecule has 0 spiro atoms. The van der Waals surface area contributed by atoms with Gasteiger partial charge in [0, 0.05) is 11.9 Å². The van der Waals surface area contributed by atoms with E-state index in [4.69, 9.17) is 33.3 Å². The van der Waals surface area contributed by atoms with Crippen LogP contribution in [-0.2, 0) is 57.9 Å². The summed E-state index contributed by atoms with van der Waals surface area (Å²) < 4.78 is 39.4. The smallest absolute Gasteiger partial charge is 2.00 e. The van der Waals surface area contributed by atoms with Crippen LogP contribution in [0.5, 0.6) is 0 Å². The van der Waals surface area contributed by atoms with Gasteiger partial charge in [-0.15, -0.1) is 0 Å². The van der Waals surface area contributed by atoms with E-state index in [1.165, 1.54) is 0 Å². The maximum absolute atomic E-state index is 9.61. The Bertz CT molecular complexity index is 362. The third-order valence-corrected chi connectivity index (χ3v) is 3.40. The normalized spacial score (nSPS) is 9.61. The minimum Gasteiger partial charge on any atom is 2.00 e. The van der Waals surface area contributed by atoms with Crippen LogP contribution in [0.4, 0.5) is 0 Å². The molecule has 0 rings (SSSR count). The molecule has 0 amide bonds. The largest absolute Gasteiger partial charge is 2.00 e. The van der Waals surface area contributed by atoms with Crippen LogP contribution in [0.15, 0.2) is 0 Å². The number of carbonyl (C=O) groups excluding carboxylic acids is 2. The van der Waals surface area contributed by atoms with Gasteiger partial charge in [-0.25, -0.2) is 0 Å². The molecule has 0 bridgehead atoms. The SMILES string of the molecule is CC(=O)[O-].CC(=O)[O-].O=P(O)(O)[O][Mo](=[O])(=[O])[OH].[Cu+2]. The molecule has 0 heterocycles. The van der Waals surface area contributed by atoms with Gasteiger partial charge in [-0.3, -0.25) is 0 Å². The summed E-state index contributed by atoms with van der Waals surface area (Å²) in [6.07, 6.45) is 0. The van der Waals surface area contributed by atoms with Crippen molar-refractivity contribution in [3.05, 3.63) is 0 Å². The Kier molecular flexibility index (Phi) is 17.4. The Balaban J connectivity index is -0.0000000922. The molecule has 3 N–H and O–H groups in total. The van der Waals surface area contributed by atoms with Gasteiger partial charge < -0.3 is 19.8 Å². The van der Waals surface area contributed by atoms with Crippen molar-refractivity contribution in [3.63, 3.8) is 0 Å². The number of hydrogen-bond donors (Lipinski definition) is 3. The Morgan fingerprint density at radius 1 is 1.11 bits per heavy atom. The first-order valence-corrected chi connectivity index (χ1v) is 8.15. The molecule has 0 aromatic heterocycles. The van der Waals surface area contributed by atoms with Crippen molar-refractivity contribution in [2.45, 2.75) is 13.8 Å². The van der Waals surface area contributed by atoms with Crippen LogP contribution in [0.1, 0.15) is 13.8 Å². The molecule has 18 heavy (non-hydrogen) atoms. The molecule has 0 unspecified atom stereocenters. The van der Waals surface area contributed by atoms with Gasteiger partial charge in [0.05, 0.1) is 0 Å². The van der Waals surface area contributed by atoms with E-state index in [1.54, 1.807) is 0 Å². The van der Waals surface area contributed by atoms with E-state index in [2.05, 4.69) is 3.18 Å². The third-order valence-electron chi connectivity index (χ3n) is 0.191. The van der Waals surface area contributed by atoms with Gasteiger partial charge in [0.2, 0.25) is 0 Å². The molecule has 11 nitrogen and oxygen atoms in total. The summed E-state index contributed by atoms with van der Waals surface area (Å²) >= 11 is -6.03. The summed E-state index contributed by atoms with van der Waals surface area (Å²) in [5.74, 6) is -2.17. The zero-order valence-corrected chi connectivity index (χ0v) is 12.6. The first-order chi connectivity index (χ1) is 7.17. The Labute approximate surface area is 115 Å². The van der Waals surface area contributed by atoms with Crippen LogP contribution in [0.2, 0.25) is 0 Å².